The smallest absolute Gasteiger partial charge is 0.165 e. The first-order valence-corrected chi connectivity index (χ1v) is 13.6. The number of ketones is 1. The molecule has 39 heavy (non-hydrogen) atoms. The van der Waals surface area contributed by atoms with Gasteiger partial charge in [0.2, 0.25) is 0 Å². The number of hydrogen-bond donors (Lipinski definition) is 0. The summed E-state index contributed by atoms with van der Waals surface area (Å²) in [5.74, 6) is -0.910. The molecule has 4 aromatic rings. The molecule has 0 saturated carbocycles. The van der Waals surface area contributed by atoms with Crippen molar-refractivity contribution in [2.75, 3.05) is 6.54 Å². The van der Waals surface area contributed by atoms with Gasteiger partial charge in [-0.2, -0.15) is 0 Å². The van der Waals surface area contributed by atoms with E-state index in [4.69, 9.17) is 4.74 Å². The third-order valence-electron chi connectivity index (χ3n) is 7.64. The van der Waals surface area contributed by atoms with Gasteiger partial charge in [-0.05, 0) is 61.6 Å². The lowest BCUT2D eigenvalue weighted by atomic mass is 9.85. The van der Waals surface area contributed by atoms with E-state index < -0.39 is 11.7 Å². The van der Waals surface area contributed by atoms with Crippen molar-refractivity contribution < 1.29 is 18.3 Å². The van der Waals surface area contributed by atoms with Gasteiger partial charge in [0.05, 0.1) is 5.52 Å². The van der Waals surface area contributed by atoms with Crippen molar-refractivity contribution in [2.45, 2.75) is 72.2 Å². The Balaban J connectivity index is 1.50. The number of Topliss-reactive ketones (excluding diaryl/α,β-unsaturated/α-hetero) is 1. The molecule has 0 spiro atoms. The SMILES string of the molecule is CC[C@@H]1CN(Cc2cc([C@H](CC(C)=O)c3ccc4c(nnn4CC)c3F)ccc2C)Cc2cccc(F)c2O1. The summed E-state index contributed by atoms with van der Waals surface area (Å²) < 4.78 is 38.0. The molecule has 0 aliphatic carbocycles. The Hall–Kier alpha value is -3.65. The number of halogens is 2. The van der Waals surface area contributed by atoms with Crippen LogP contribution in [-0.2, 0) is 24.4 Å². The van der Waals surface area contributed by atoms with Gasteiger partial charge in [-0.1, -0.05) is 48.5 Å². The summed E-state index contributed by atoms with van der Waals surface area (Å²) in [6.07, 6.45) is 0.804. The Morgan fingerprint density at radius 3 is 2.72 bits per heavy atom. The van der Waals surface area contributed by atoms with Crippen molar-refractivity contribution in [3.63, 3.8) is 0 Å². The van der Waals surface area contributed by atoms with Crippen LogP contribution in [0.15, 0.2) is 48.5 Å². The Bertz CT molecular complexity index is 1520. The zero-order valence-corrected chi connectivity index (χ0v) is 22.9. The highest BCUT2D eigenvalue weighted by Crippen LogP contribution is 2.35. The fourth-order valence-electron chi connectivity index (χ4n) is 5.48. The van der Waals surface area contributed by atoms with Crippen LogP contribution >= 0.6 is 0 Å². The molecule has 2 atom stereocenters. The summed E-state index contributed by atoms with van der Waals surface area (Å²) >= 11 is 0. The van der Waals surface area contributed by atoms with Crippen LogP contribution in [0.5, 0.6) is 5.75 Å². The number of nitrogens with zero attached hydrogens (tertiary/aromatic N) is 4. The van der Waals surface area contributed by atoms with E-state index in [0.29, 0.717) is 43.0 Å². The fourth-order valence-corrected chi connectivity index (χ4v) is 5.48. The maximum absolute atomic E-state index is 15.8. The molecule has 0 N–H and O–H groups in total. The number of carbonyl (C=O) groups excluding carboxylic acids is 1. The molecule has 0 unspecified atom stereocenters. The second-order valence-corrected chi connectivity index (χ2v) is 10.4. The Morgan fingerprint density at radius 2 is 1.97 bits per heavy atom. The fraction of sp³-hybridized carbons (Fsp3) is 0.387. The van der Waals surface area contributed by atoms with E-state index >= 15 is 4.39 Å². The third-order valence-corrected chi connectivity index (χ3v) is 7.64. The first kappa shape index (κ1) is 26.9. The predicted octanol–water partition coefficient (Wildman–Crippen LogP) is 6.32. The van der Waals surface area contributed by atoms with Gasteiger partial charge < -0.3 is 4.74 Å². The van der Waals surface area contributed by atoms with Gasteiger partial charge in [-0.15, -0.1) is 5.10 Å². The number of benzene rings is 3. The molecular weight excluding hydrogens is 498 g/mol. The molecule has 3 aromatic carbocycles. The summed E-state index contributed by atoms with van der Waals surface area (Å²) in [4.78, 5) is 14.6. The summed E-state index contributed by atoms with van der Waals surface area (Å²) in [6.45, 7) is 9.97. The molecule has 0 bridgehead atoms. The molecule has 2 heterocycles. The number of fused-ring (bicyclic) bond motifs is 2. The zero-order chi connectivity index (χ0) is 27.7. The van der Waals surface area contributed by atoms with E-state index in [1.165, 1.54) is 13.0 Å². The largest absolute Gasteiger partial charge is 0.486 e. The molecule has 8 heteroatoms. The van der Waals surface area contributed by atoms with Crippen molar-refractivity contribution in [1.82, 2.24) is 19.9 Å². The number of aryl methyl sites for hydroxylation is 2. The normalized spacial score (nSPS) is 16.5. The molecule has 0 amide bonds. The second kappa shape index (κ2) is 11.2. The predicted molar refractivity (Wildman–Crippen MR) is 147 cm³/mol. The lowest BCUT2D eigenvalue weighted by Crippen LogP contribution is -2.32. The maximum Gasteiger partial charge on any atom is 0.165 e. The molecule has 0 fully saturated rings. The Labute approximate surface area is 227 Å². The van der Waals surface area contributed by atoms with Crippen molar-refractivity contribution in [2.24, 2.45) is 0 Å². The third kappa shape index (κ3) is 5.43. The lowest BCUT2D eigenvalue weighted by Gasteiger charge is -2.25. The number of ether oxygens (including phenoxy) is 1. The molecule has 204 valence electrons. The average Bonchev–Trinajstić information content (AvgIpc) is 3.25. The van der Waals surface area contributed by atoms with E-state index in [9.17, 15) is 9.18 Å². The number of carbonyl (C=O) groups is 1. The van der Waals surface area contributed by atoms with E-state index in [-0.39, 0.29) is 29.6 Å². The molecule has 6 nitrogen and oxygen atoms in total. The van der Waals surface area contributed by atoms with Crippen molar-refractivity contribution in [1.29, 1.82) is 0 Å². The maximum atomic E-state index is 15.8. The molecule has 1 aliphatic heterocycles. The van der Waals surface area contributed by atoms with E-state index in [1.54, 1.807) is 16.8 Å². The molecular formula is C31H34F2N4O2. The number of aromatic nitrogens is 3. The highest BCUT2D eigenvalue weighted by molar-refractivity contribution is 5.79. The van der Waals surface area contributed by atoms with Gasteiger partial charge >= 0.3 is 0 Å². The minimum atomic E-state index is -0.455. The average molecular weight is 533 g/mol. The van der Waals surface area contributed by atoms with Gasteiger partial charge in [0.25, 0.3) is 0 Å². The van der Waals surface area contributed by atoms with Gasteiger partial charge in [0.15, 0.2) is 17.4 Å². The van der Waals surface area contributed by atoms with Gasteiger partial charge in [-0.3, -0.25) is 9.69 Å². The van der Waals surface area contributed by atoms with Crippen LogP contribution in [-0.4, -0.2) is 38.3 Å². The summed E-state index contributed by atoms with van der Waals surface area (Å²) in [6, 6.07) is 14.7. The van der Waals surface area contributed by atoms with Crippen molar-refractivity contribution in [3.05, 3.63) is 88.0 Å². The topological polar surface area (TPSA) is 60.2 Å². The van der Waals surface area contributed by atoms with Crippen LogP contribution in [0, 0.1) is 18.6 Å². The molecule has 0 saturated heterocycles. The number of hydrogen-bond acceptors (Lipinski definition) is 5. The Morgan fingerprint density at radius 1 is 1.15 bits per heavy atom. The first-order valence-electron chi connectivity index (χ1n) is 13.6. The monoisotopic (exact) mass is 532 g/mol. The van der Waals surface area contributed by atoms with Gasteiger partial charge in [-0.25, -0.2) is 13.5 Å². The van der Waals surface area contributed by atoms with Crippen molar-refractivity contribution in [3.8, 4) is 5.75 Å². The minimum absolute atomic E-state index is 0.0204. The number of para-hydroxylation sites is 1. The van der Waals surface area contributed by atoms with Gasteiger partial charge in [0, 0.05) is 44.1 Å². The highest BCUT2D eigenvalue weighted by Gasteiger charge is 2.26. The van der Waals surface area contributed by atoms with Crippen LogP contribution in [0.25, 0.3) is 11.0 Å². The summed E-state index contributed by atoms with van der Waals surface area (Å²) in [7, 11) is 0. The lowest BCUT2D eigenvalue weighted by molar-refractivity contribution is -0.117. The Kier molecular flexibility index (Phi) is 7.75. The molecule has 1 aliphatic rings. The van der Waals surface area contributed by atoms with Crippen LogP contribution < -0.4 is 4.74 Å². The van der Waals surface area contributed by atoms with E-state index in [2.05, 4.69) is 21.3 Å². The highest BCUT2D eigenvalue weighted by atomic mass is 19.1. The molecule has 5 rings (SSSR count). The van der Waals surface area contributed by atoms with Crippen molar-refractivity contribution >= 4 is 16.8 Å². The van der Waals surface area contributed by atoms with Crippen LogP contribution in [0.3, 0.4) is 0 Å². The standard InChI is InChI=1S/C31H34F2N4O2/c1-5-24-18-36(16-22-8-7-9-27(32)31(22)39-24)17-23-15-21(11-10-19(23)3)26(14-20(4)38)25-12-13-28-30(29(25)33)34-35-37(28)6-2/h7-13,15,24,26H,5-6,14,16-18H2,1-4H3/t24-,26+/m1/s1. The van der Waals surface area contributed by atoms with Crippen LogP contribution in [0.1, 0.15) is 67.3 Å². The molecule has 0 radical (unpaired) electrons. The zero-order valence-electron chi connectivity index (χ0n) is 22.9. The summed E-state index contributed by atoms with van der Waals surface area (Å²) in [5.41, 5.74) is 5.16. The number of rotatable bonds is 8. The van der Waals surface area contributed by atoms with Crippen LogP contribution in [0.2, 0.25) is 0 Å². The molecule has 1 aromatic heterocycles. The first-order chi connectivity index (χ1) is 18.8. The van der Waals surface area contributed by atoms with E-state index in [0.717, 1.165) is 28.7 Å². The summed E-state index contributed by atoms with van der Waals surface area (Å²) in [5, 5.41) is 8.13. The second-order valence-electron chi connectivity index (χ2n) is 10.4. The quantitative estimate of drug-likeness (QED) is 0.266. The van der Waals surface area contributed by atoms with E-state index in [1.807, 2.05) is 45.0 Å². The minimum Gasteiger partial charge on any atom is -0.486 e. The van der Waals surface area contributed by atoms with Crippen LogP contribution in [0.4, 0.5) is 8.78 Å². The van der Waals surface area contributed by atoms with Gasteiger partial charge in [0.1, 0.15) is 17.4 Å².